The number of benzene rings is 2. The molecule has 18 heteroatoms. The Morgan fingerprint density at radius 3 is 1.49 bits per heavy atom. The molecule has 2 saturated heterocycles. The van der Waals surface area contributed by atoms with E-state index in [1.165, 1.54) is 42.0 Å². The Kier molecular flexibility index (Phi) is 13.9. The van der Waals surface area contributed by atoms with Crippen LogP contribution in [-0.2, 0) is 17.8 Å². The van der Waals surface area contributed by atoms with Crippen LogP contribution in [0.5, 0.6) is 0 Å². The molecule has 0 atom stereocenters. The number of hydrogen-bond acceptors (Lipinski definition) is 11. The van der Waals surface area contributed by atoms with Crippen molar-refractivity contribution in [2.75, 3.05) is 75.4 Å². The molecule has 9 heterocycles. The van der Waals surface area contributed by atoms with Crippen molar-refractivity contribution in [2.24, 2.45) is 0 Å². The van der Waals surface area contributed by atoms with Gasteiger partial charge in [-0.15, -0.1) is 0 Å². The van der Waals surface area contributed by atoms with Crippen LogP contribution in [0, 0.1) is 45.9 Å². The van der Waals surface area contributed by atoms with Gasteiger partial charge in [0.2, 0.25) is 0 Å². The first-order chi connectivity index (χ1) is 34.6. The van der Waals surface area contributed by atoms with Gasteiger partial charge in [0.15, 0.2) is 0 Å². The molecule has 71 heavy (non-hydrogen) atoms. The largest absolute Gasteiger partial charge is 0.377 e. The van der Waals surface area contributed by atoms with E-state index in [9.17, 15) is 28.1 Å². The highest BCUT2D eigenvalue weighted by Crippen LogP contribution is 2.34. The predicted octanol–water partition coefficient (Wildman–Crippen LogP) is 9.30. The summed E-state index contributed by atoms with van der Waals surface area (Å²) >= 11 is 3.50. The van der Waals surface area contributed by atoms with E-state index in [1.54, 1.807) is 27.6 Å². The van der Waals surface area contributed by atoms with Gasteiger partial charge in [0.1, 0.15) is 47.0 Å². The van der Waals surface area contributed by atoms with E-state index in [-0.39, 0.29) is 24.2 Å². The maximum Gasteiger partial charge on any atom is 0.130 e. The number of piperazine rings is 2. The number of rotatable bonds is 9. The minimum absolute atomic E-state index is 0.116. The maximum atomic E-state index is 14.1. The van der Waals surface area contributed by atoms with Gasteiger partial charge >= 0.3 is 0 Å². The highest BCUT2D eigenvalue weighted by Gasteiger charge is 2.24. The van der Waals surface area contributed by atoms with Crippen molar-refractivity contribution in [3.8, 4) is 34.4 Å². The molecular formula is C53H45BrF4N12O. The molecule has 0 unspecified atom stereocenters. The van der Waals surface area contributed by atoms with E-state index in [1.807, 2.05) is 53.8 Å². The quantitative estimate of drug-likeness (QED) is 0.128. The van der Waals surface area contributed by atoms with Crippen molar-refractivity contribution >= 4 is 44.2 Å². The number of ether oxygens (including phenoxy) is 1. The second-order valence-corrected chi connectivity index (χ2v) is 18.3. The molecule has 0 spiro atoms. The summed E-state index contributed by atoms with van der Waals surface area (Å²) in [4.78, 5) is 17.8. The lowest BCUT2D eigenvalue weighted by Crippen LogP contribution is -2.46. The van der Waals surface area contributed by atoms with E-state index in [4.69, 9.17) is 9.72 Å². The number of halogens is 5. The van der Waals surface area contributed by atoms with Crippen LogP contribution in [0.3, 0.4) is 0 Å². The van der Waals surface area contributed by atoms with Gasteiger partial charge in [-0.1, -0.05) is 18.2 Å². The summed E-state index contributed by atoms with van der Waals surface area (Å²) < 4.78 is 65.8. The molecule has 8 aromatic rings. The number of aromatic nitrogens is 6. The summed E-state index contributed by atoms with van der Waals surface area (Å²) in [7, 11) is 0. The van der Waals surface area contributed by atoms with Crippen LogP contribution < -0.4 is 9.80 Å². The molecule has 0 amide bonds. The molecule has 2 aromatic carbocycles. The molecule has 0 aliphatic carbocycles. The Bertz CT molecular complexity index is 3310. The Labute approximate surface area is 415 Å². The summed E-state index contributed by atoms with van der Waals surface area (Å²) in [5.74, 6) is -0.333. The molecule has 0 saturated carbocycles. The molecule has 2 fully saturated rings. The van der Waals surface area contributed by atoms with Gasteiger partial charge in [0.25, 0.3) is 0 Å². The number of nitriles is 2. The van der Waals surface area contributed by atoms with Gasteiger partial charge in [0, 0.05) is 128 Å². The smallest absolute Gasteiger partial charge is 0.130 e. The van der Waals surface area contributed by atoms with Crippen LogP contribution in [0.25, 0.3) is 38.9 Å². The second-order valence-electron chi connectivity index (χ2n) is 17.4. The van der Waals surface area contributed by atoms with Crippen molar-refractivity contribution in [3.63, 3.8) is 0 Å². The molecule has 0 N–H and O–H groups in total. The minimum Gasteiger partial charge on any atom is -0.377 e. The van der Waals surface area contributed by atoms with Gasteiger partial charge in [0.05, 0.1) is 47.8 Å². The van der Waals surface area contributed by atoms with E-state index >= 15 is 0 Å². The van der Waals surface area contributed by atoms with Crippen molar-refractivity contribution in [3.05, 3.63) is 172 Å². The van der Waals surface area contributed by atoms with Gasteiger partial charge in [-0.25, -0.2) is 36.6 Å². The second kappa shape index (κ2) is 20.9. The molecule has 3 aliphatic heterocycles. The molecule has 11 rings (SSSR count). The van der Waals surface area contributed by atoms with Gasteiger partial charge < -0.3 is 14.5 Å². The van der Waals surface area contributed by atoms with Crippen LogP contribution in [0.15, 0.2) is 121 Å². The highest BCUT2D eigenvalue weighted by atomic mass is 79.9. The molecule has 3 aliphatic rings. The zero-order valence-electron chi connectivity index (χ0n) is 38.3. The first-order valence-corrected chi connectivity index (χ1v) is 23.9. The number of nitrogens with zero attached hydrogens (tertiary/aromatic N) is 12. The molecule has 358 valence electrons. The first-order valence-electron chi connectivity index (χ1n) is 23.1. The van der Waals surface area contributed by atoms with Gasteiger partial charge in [-0.2, -0.15) is 20.7 Å². The predicted molar refractivity (Wildman–Crippen MR) is 265 cm³/mol. The number of fused-ring (bicyclic) bond motifs is 2. The lowest BCUT2D eigenvalue weighted by atomic mass is 9.98. The number of anilines is 2. The average Bonchev–Trinajstić information content (AvgIpc) is 4.03. The summed E-state index contributed by atoms with van der Waals surface area (Å²) in [6.45, 7) is 7.35. The minimum atomic E-state index is -0.506. The number of pyridine rings is 4. The fraction of sp³-hybridized carbons (Fsp3) is 0.245. The van der Waals surface area contributed by atoms with Crippen LogP contribution in [0.1, 0.15) is 34.2 Å². The zero-order chi connectivity index (χ0) is 49.0. The third-order valence-corrected chi connectivity index (χ3v) is 13.6. The van der Waals surface area contributed by atoms with E-state index in [0.717, 1.165) is 61.4 Å². The monoisotopic (exact) mass is 1020 g/mol. The van der Waals surface area contributed by atoms with E-state index in [0.29, 0.717) is 76.7 Å². The molecule has 6 aromatic heterocycles. The Morgan fingerprint density at radius 2 is 1.06 bits per heavy atom. The highest BCUT2D eigenvalue weighted by molar-refractivity contribution is 9.10. The van der Waals surface area contributed by atoms with Crippen LogP contribution in [0.4, 0.5) is 29.2 Å². The normalized spacial score (nSPS) is 15.6. The third-order valence-electron chi connectivity index (χ3n) is 13.2. The lowest BCUT2D eigenvalue weighted by Gasteiger charge is -2.35. The summed E-state index contributed by atoms with van der Waals surface area (Å²) in [5.41, 5.74) is 8.56. The van der Waals surface area contributed by atoms with E-state index < -0.39 is 23.3 Å². The zero-order valence-corrected chi connectivity index (χ0v) is 39.9. The van der Waals surface area contributed by atoms with Crippen molar-refractivity contribution < 1.29 is 22.3 Å². The Hall–Kier alpha value is -7.48. The summed E-state index contributed by atoms with van der Waals surface area (Å²) in [5, 5.41) is 27.8. The van der Waals surface area contributed by atoms with Gasteiger partial charge in [-0.05, 0) is 94.2 Å². The first kappa shape index (κ1) is 47.2. The fourth-order valence-electron chi connectivity index (χ4n) is 9.33. The van der Waals surface area contributed by atoms with Crippen molar-refractivity contribution in [1.82, 2.24) is 39.0 Å². The topological polar surface area (TPSA) is 130 Å². The fourth-order valence-corrected chi connectivity index (χ4v) is 9.75. The Morgan fingerprint density at radius 1 is 0.577 bits per heavy atom. The third kappa shape index (κ3) is 10.1. The molecule has 0 radical (unpaired) electrons. The maximum absolute atomic E-state index is 14.1. The standard InChI is InChI=1S/C29H26F2N6O.C24H19BrF2N6/c30-26-2-1-3-27(31)25(26)19-35-8-10-36(11-9-35)28-5-4-21(16-33-28)24-14-22(20-6-12-38-13-7-20)18-37-29(24)23(15-32)17-34-37;25-18-10-19(24-17(11-28)13-30-33(24)14-18)16-4-5-23(29-12-16)32-8-6-31(7-9-32)15-20-21(26)2-1-3-22(20)27/h1-6,14,16-18H,7-13,19H2;1-5,10,12-14H,6-9,15H2. The molecular weight excluding hydrogens is 977 g/mol. The number of hydrogen-bond donors (Lipinski definition) is 0. The van der Waals surface area contributed by atoms with Crippen molar-refractivity contribution in [1.29, 1.82) is 10.5 Å². The average molecular weight is 1020 g/mol. The summed E-state index contributed by atoms with van der Waals surface area (Å²) in [6, 6.07) is 24.4. The van der Waals surface area contributed by atoms with Crippen LogP contribution >= 0.6 is 15.9 Å². The van der Waals surface area contributed by atoms with E-state index in [2.05, 4.69) is 70.1 Å². The Balaban J connectivity index is 0.000000166. The lowest BCUT2D eigenvalue weighted by molar-refractivity contribution is 0.161. The molecule has 0 bridgehead atoms. The SMILES string of the molecule is N#Cc1cnn2cc(Br)cc(-c3ccc(N4CCN(Cc5c(F)cccc5F)CC4)nc3)c12.N#Cc1cnn2cc(C3=CCOCC3)cc(-c3ccc(N4CCN(Cc5c(F)cccc5F)CC4)nc3)c12. The van der Waals surface area contributed by atoms with Crippen molar-refractivity contribution in [2.45, 2.75) is 19.5 Å². The van der Waals surface area contributed by atoms with Crippen LogP contribution in [-0.4, -0.2) is 105 Å². The van der Waals surface area contributed by atoms with Crippen LogP contribution in [0.2, 0.25) is 0 Å². The van der Waals surface area contributed by atoms with Gasteiger partial charge in [-0.3, -0.25) is 9.80 Å². The molecule has 13 nitrogen and oxygen atoms in total. The summed E-state index contributed by atoms with van der Waals surface area (Å²) in [6.07, 6.45) is 13.5.